The number of amides is 3. The third kappa shape index (κ3) is 7.69. The maximum absolute atomic E-state index is 12.3. The molecule has 0 atom stereocenters. The molecule has 1 aromatic heterocycles. The first-order valence-corrected chi connectivity index (χ1v) is 10.6. The van der Waals surface area contributed by atoms with Gasteiger partial charge >= 0.3 is 12.0 Å². The second-order valence-corrected chi connectivity index (χ2v) is 7.64. The number of urea groups is 1. The van der Waals surface area contributed by atoms with E-state index in [1.165, 1.54) is 4.90 Å². The molecule has 0 spiro atoms. The molecule has 0 radical (unpaired) electrons. The zero-order valence-electron chi connectivity index (χ0n) is 18.0. The Morgan fingerprint density at radius 3 is 2.42 bits per heavy atom. The minimum Gasteiger partial charge on any atom is -0.459 e. The van der Waals surface area contributed by atoms with E-state index in [9.17, 15) is 14.4 Å². The molecule has 0 unspecified atom stereocenters. The number of ether oxygens (including phenoxy) is 1. The molecule has 33 heavy (non-hydrogen) atoms. The second kappa shape index (κ2) is 11.7. The van der Waals surface area contributed by atoms with Gasteiger partial charge in [-0.25, -0.2) is 4.79 Å². The minimum atomic E-state index is -0.713. The first-order valence-electron chi connectivity index (χ1n) is 10.2. The number of nitrogens with one attached hydrogen (secondary N) is 2. The number of carbonyl (C=O) groups is 3. The smallest absolute Gasteiger partial charge is 0.325 e. The van der Waals surface area contributed by atoms with Crippen LogP contribution in [-0.2, 0) is 27.4 Å². The highest BCUT2D eigenvalue weighted by Gasteiger charge is 2.15. The van der Waals surface area contributed by atoms with Crippen LogP contribution in [-0.4, -0.2) is 43.0 Å². The van der Waals surface area contributed by atoms with Gasteiger partial charge < -0.3 is 24.7 Å². The molecule has 0 fully saturated rings. The molecular formula is C24H24ClN3O5. The molecule has 9 heteroatoms. The van der Waals surface area contributed by atoms with Crippen LogP contribution in [0.3, 0.4) is 0 Å². The first-order chi connectivity index (χ1) is 15.9. The molecule has 3 amide bonds. The van der Waals surface area contributed by atoms with Crippen molar-refractivity contribution < 1.29 is 23.5 Å². The molecule has 3 rings (SSSR count). The number of rotatable bonds is 9. The average Bonchev–Trinajstić information content (AvgIpc) is 3.29. The summed E-state index contributed by atoms with van der Waals surface area (Å²) in [6.07, 6.45) is 0. The van der Waals surface area contributed by atoms with Crippen LogP contribution >= 0.6 is 11.6 Å². The summed E-state index contributed by atoms with van der Waals surface area (Å²) in [5.41, 5.74) is 1.80. The van der Waals surface area contributed by atoms with E-state index < -0.39 is 24.5 Å². The molecule has 0 saturated carbocycles. The summed E-state index contributed by atoms with van der Waals surface area (Å²) in [7, 11) is 1.58. The maximum atomic E-state index is 12.3. The molecule has 1 heterocycles. The van der Waals surface area contributed by atoms with E-state index in [0.717, 1.165) is 11.1 Å². The van der Waals surface area contributed by atoms with E-state index in [0.29, 0.717) is 23.1 Å². The van der Waals surface area contributed by atoms with Gasteiger partial charge in [-0.3, -0.25) is 9.59 Å². The van der Waals surface area contributed by atoms with Gasteiger partial charge in [-0.2, -0.15) is 0 Å². The van der Waals surface area contributed by atoms with Crippen molar-refractivity contribution in [3.8, 4) is 11.3 Å². The Bertz CT molecular complexity index is 1080. The van der Waals surface area contributed by atoms with Crippen molar-refractivity contribution in [3.63, 3.8) is 0 Å². The average molecular weight is 470 g/mol. The molecule has 0 saturated heterocycles. The van der Waals surface area contributed by atoms with Gasteiger partial charge in [-0.15, -0.1) is 0 Å². The van der Waals surface area contributed by atoms with Crippen LogP contribution in [0.2, 0.25) is 5.02 Å². The van der Waals surface area contributed by atoms with Crippen molar-refractivity contribution in [1.82, 2.24) is 15.5 Å². The number of halogens is 1. The number of likely N-dealkylation sites (N-methyl/N-ethyl adjacent to an activating group) is 1. The Morgan fingerprint density at radius 2 is 1.70 bits per heavy atom. The lowest BCUT2D eigenvalue weighted by atomic mass is 10.2. The fourth-order valence-electron chi connectivity index (χ4n) is 2.85. The molecule has 8 nitrogen and oxygen atoms in total. The number of nitrogens with zero attached hydrogens (tertiary/aromatic N) is 1. The highest BCUT2D eigenvalue weighted by Crippen LogP contribution is 2.24. The standard InChI is InChI=1S/C24H24ClN3O5/c1-28(15-20-11-12-21(33-20)18-7-9-19(25)10-8-18)22(29)16-32-23(30)14-27-24(31)26-13-17-5-3-2-4-6-17/h2-12H,13-16H2,1H3,(H2,26,27,31). The van der Waals surface area contributed by atoms with Crippen LogP contribution in [0, 0.1) is 0 Å². The van der Waals surface area contributed by atoms with E-state index >= 15 is 0 Å². The molecule has 172 valence electrons. The monoisotopic (exact) mass is 469 g/mol. The number of benzene rings is 2. The Kier molecular flexibility index (Phi) is 8.49. The largest absolute Gasteiger partial charge is 0.459 e. The summed E-state index contributed by atoms with van der Waals surface area (Å²) in [4.78, 5) is 37.2. The highest BCUT2D eigenvalue weighted by molar-refractivity contribution is 6.30. The number of esters is 1. The van der Waals surface area contributed by atoms with Crippen molar-refractivity contribution in [2.45, 2.75) is 13.1 Å². The molecule has 3 aromatic rings. The third-order valence-corrected chi connectivity index (χ3v) is 4.91. The predicted octanol–water partition coefficient (Wildman–Crippen LogP) is 3.60. The van der Waals surface area contributed by atoms with E-state index in [4.69, 9.17) is 20.8 Å². The van der Waals surface area contributed by atoms with Crippen molar-refractivity contribution in [2.24, 2.45) is 0 Å². The summed E-state index contributed by atoms with van der Waals surface area (Å²) in [5, 5.41) is 5.66. The normalized spacial score (nSPS) is 10.4. The van der Waals surface area contributed by atoms with Gasteiger partial charge in [0.15, 0.2) is 6.61 Å². The molecule has 0 aliphatic rings. The second-order valence-electron chi connectivity index (χ2n) is 7.21. The highest BCUT2D eigenvalue weighted by atomic mass is 35.5. The topological polar surface area (TPSA) is 101 Å². The number of furan rings is 1. The van der Waals surface area contributed by atoms with E-state index in [1.807, 2.05) is 48.5 Å². The third-order valence-electron chi connectivity index (χ3n) is 4.65. The van der Waals surface area contributed by atoms with Crippen molar-refractivity contribution in [3.05, 3.63) is 83.1 Å². The summed E-state index contributed by atoms with van der Waals surface area (Å²) in [6.45, 7) is -0.241. The van der Waals surface area contributed by atoms with E-state index in [2.05, 4.69) is 10.6 Å². The van der Waals surface area contributed by atoms with Crippen LogP contribution in [0.1, 0.15) is 11.3 Å². The predicted molar refractivity (Wildman–Crippen MR) is 123 cm³/mol. The molecule has 2 N–H and O–H groups in total. The molecule has 0 aliphatic heterocycles. The zero-order chi connectivity index (χ0) is 23.6. The number of hydrogen-bond donors (Lipinski definition) is 2. The van der Waals surface area contributed by atoms with Crippen LogP contribution in [0.5, 0.6) is 0 Å². The maximum Gasteiger partial charge on any atom is 0.325 e. The van der Waals surface area contributed by atoms with Gasteiger partial charge in [0.25, 0.3) is 5.91 Å². The molecule has 0 aliphatic carbocycles. The number of hydrogen-bond acceptors (Lipinski definition) is 5. The Morgan fingerprint density at radius 1 is 0.970 bits per heavy atom. The van der Waals surface area contributed by atoms with E-state index in [1.54, 1.807) is 25.2 Å². The van der Waals surface area contributed by atoms with Crippen molar-refractivity contribution in [2.75, 3.05) is 20.2 Å². The Balaban J connectivity index is 1.36. The quantitative estimate of drug-likeness (QED) is 0.466. The lowest BCUT2D eigenvalue weighted by Gasteiger charge is -2.15. The van der Waals surface area contributed by atoms with Gasteiger partial charge in [-0.1, -0.05) is 41.9 Å². The summed E-state index contributed by atoms with van der Waals surface area (Å²) < 4.78 is 10.7. The van der Waals surface area contributed by atoms with Gasteiger partial charge in [0, 0.05) is 24.2 Å². The Labute approximate surface area is 196 Å². The van der Waals surface area contributed by atoms with Gasteiger partial charge in [0.2, 0.25) is 0 Å². The number of carbonyl (C=O) groups excluding carboxylic acids is 3. The first kappa shape index (κ1) is 23.9. The van der Waals surface area contributed by atoms with Gasteiger partial charge in [0.05, 0.1) is 6.54 Å². The minimum absolute atomic E-state index is 0.212. The summed E-state index contributed by atoms with van der Waals surface area (Å²) >= 11 is 5.90. The van der Waals surface area contributed by atoms with Crippen LogP contribution < -0.4 is 10.6 Å². The summed E-state index contributed by atoms with van der Waals surface area (Å²) in [5.74, 6) is 0.125. The van der Waals surface area contributed by atoms with Crippen LogP contribution in [0.25, 0.3) is 11.3 Å². The van der Waals surface area contributed by atoms with Gasteiger partial charge in [0.1, 0.15) is 18.1 Å². The lowest BCUT2D eigenvalue weighted by molar-refractivity contribution is -0.150. The van der Waals surface area contributed by atoms with E-state index in [-0.39, 0.29) is 13.1 Å². The van der Waals surface area contributed by atoms with Crippen LogP contribution in [0.15, 0.2) is 71.1 Å². The van der Waals surface area contributed by atoms with Gasteiger partial charge in [-0.05, 0) is 42.0 Å². The molecular weight excluding hydrogens is 446 g/mol. The van der Waals surface area contributed by atoms with Crippen LogP contribution in [0.4, 0.5) is 4.79 Å². The molecule has 2 aromatic carbocycles. The Hall–Kier alpha value is -3.78. The lowest BCUT2D eigenvalue weighted by Crippen LogP contribution is -2.39. The fourth-order valence-corrected chi connectivity index (χ4v) is 2.98. The fraction of sp³-hybridized carbons (Fsp3) is 0.208. The molecule has 0 bridgehead atoms. The van der Waals surface area contributed by atoms with Crippen molar-refractivity contribution >= 4 is 29.5 Å². The SMILES string of the molecule is CN(Cc1ccc(-c2ccc(Cl)cc2)o1)C(=O)COC(=O)CNC(=O)NCc1ccccc1. The van der Waals surface area contributed by atoms with Crippen molar-refractivity contribution in [1.29, 1.82) is 0 Å². The zero-order valence-corrected chi connectivity index (χ0v) is 18.8. The summed E-state index contributed by atoms with van der Waals surface area (Å²) in [6, 6.07) is 19.7.